The van der Waals surface area contributed by atoms with Crippen LogP contribution in [0.1, 0.15) is 12.0 Å². The van der Waals surface area contributed by atoms with Crippen molar-refractivity contribution in [2.75, 3.05) is 0 Å². The minimum Gasteiger partial charge on any atom is -0.369 e. The van der Waals surface area contributed by atoms with Crippen molar-refractivity contribution in [3.05, 3.63) is 33.3 Å². The standard InChI is InChI=1S/C10H7BrClNO/c11-9-6-8(12)5-4-7(9)2-1-3-10(13)14/h4-6H,3H2,(H2,13,14). The number of hydrogen-bond acceptors (Lipinski definition) is 1. The molecule has 0 spiro atoms. The Balaban J connectivity index is 2.85. The number of halogens is 2. The maximum absolute atomic E-state index is 10.4. The van der Waals surface area contributed by atoms with E-state index >= 15 is 0 Å². The van der Waals surface area contributed by atoms with Crippen molar-refractivity contribution in [1.82, 2.24) is 0 Å². The second-order valence-corrected chi connectivity index (χ2v) is 3.86. The molecule has 1 amide bonds. The van der Waals surface area contributed by atoms with Gasteiger partial charge in [-0.1, -0.05) is 23.4 Å². The highest BCUT2D eigenvalue weighted by Gasteiger charge is 1.96. The van der Waals surface area contributed by atoms with Gasteiger partial charge in [0.1, 0.15) is 0 Å². The third-order valence-corrected chi connectivity index (χ3v) is 2.31. The fourth-order valence-corrected chi connectivity index (χ4v) is 1.60. The summed E-state index contributed by atoms with van der Waals surface area (Å²) in [5, 5.41) is 0.636. The van der Waals surface area contributed by atoms with Gasteiger partial charge < -0.3 is 5.73 Å². The monoisotopic (exact) mass is 271 g/mol. The second-order valence-electron chi connectivity index (χ2n) is 2.57. The molecule has 0 bridgehead atoms. The van der Waals surface area contributed by atoms with E-state index in [0.29, 0.717) is 5.02 Å². The summed E-state index contributed by atoms with van der Waals surface area (Å²) in [5.41, 5.74) is 5.73. The zero-order valence-corrected chi connectivity index (χ0v) is 9.52. The molecule has 0 aliphatic carbocycles. The minimum absolute atomic E-state index is 0.0646. The summed E-state index contributed by atoms with van der Waals surface area (Å²) in [4.78, 5) is 10.4. The first-order valence-electron chi connectivity index (χ1n) is 3.82. The van der Waals surface area contributed by atoms with Crippen molar-refractivity contribution < 1.29 is 4.79 Å². The molecule has 0 atom stereocenters. The van der Waals surface area contributed by atoms with E-state index in [1.165, 1.54) is 0 Å². The highest BCUT2D eigenvalue weighted by molar-refractivity contribution is 9.10. The first-order chi connectivity index (χ1) is 6.59. The predicted octanol–water partition coefficient (Wildman–Crippen LogP) is 2.33. The minimum atomic E-state index is -0.428. The molecule has 1 aromatic rings. The smallest absolute Gasteiger partial charge is 0.229 e. The molecule has 0 heterocycles. The van der Waals surface area contributed by atoms with Gasteiger partial charge in [-0.05, 0) is 34.1 Å². The van der Waals surface area contributed by atoms with Crippen LogP contribution in [0.25, 0.3) is 0 Å². The Labute approximate surface area is 95.6 Å². The molecule has 72 valence electrons. The topological polar surface area (TPSA) is 43.1 Å². The Bertz CT molecular complexity index is 420. The van der Waals surface area contributed by atoms with Crippen molar-refractivity contribution >= 4 is 33.4 Å². The molecule has 0 radical (unpaired) electrons. The lowest BCUT2D eigenvalue weighted by molar-refractivity contribution is -0.117. The van der Waals surface area contributed by atoms with Crippen LogP contribution < -0.4 is 5.73 Å². The summed E-state index contributed by atoms with van der Waals surface area (Å²) in [6.07, 6.45) is 0.0646. The molecule has 0 saturated heterocycles. The molecular weight excluding hydrogens is 265 g/mol. The third-order valence-electron chi connectivity index (χ3n) is 1.42. The van der Waals surface area contributed by atoms with Crippen LogP contribution in [-0.4, -0.2) is 5.91 Å². The number of carbonyl (C=O) groups is 1. The maximum atomic E-state index is 10.4. The maximum Gasteiger partial charge on any atom is 0.229 e. The summed E-state index contributed by atoms with van der Waals surface area (Å²) in [5.74, 6) is 5.05. The van der Waals surface area contributed by atoms with E-state index in [1.54, 1.807) is 18.2 Å². The number of hydrogen-bond donors (Lipinski definition) is 1. The highest BCUT2D eigenvalue weighted by Crippen LogP contribution is 2.20. The number of carbonyl (C=O) groups excluding carboxylic acids is 1. The Morgan fingerprint density at radius 1 is 1.57 bits per heavy atom. The van der Waals surface area contributed by atoms with E-state index in [2.05, 4.69) is 27.8 Å². The molecule has 0 saturated carbocycles. The average molecular weight is 273 g/mol. The summed E-state index contributed by atoms with van der Waals surface area (Å²) >= 11 is 9.06. The van der Waals surface area contributed by atoms with Crippen LogP contribution in [0.2, 0.25) is 5.02 Å². The zero-order valence-electron chi connectivity index (χ0n) is 7.18. The summed E-state index contributed by atoms with van der Waals surface area (Å²) < 4.78 is 0.807. The van der Waals surface area contributed by atoms with Crippen LogP contribution in [0.3, 0.4) is 0 Å². The quantitative estimate of drug-likeness (QED) is 0.784. The molecule has 14 heavy (non-hydrogen) atoms. The van der Waals surface area contributed by atoms with Crippen LogP contribution in [0.4, 0.5) is 0 Å². The Hall–Kier alpha value is -0.980. The number of rotatable bonds is 1. The summed E-state index contributed by atoms with van der Waals surface area (Å²) in [7, 11) is 0. The van der Waals surface area contributed by atoms with E-state index < -0.39 is 5.91 Å². The number of benzene rings is 1. The van der Waals surface area contributed by atoms with Gasteiger partial charge in [0.15, 0.2) is 0 Å². The van der Waals surface area contributed by atoms with E-state index in [1.807, 2.05) is 0 Å². The van der Waals surface area contributed by atoms with Gasteiger partial charge in [-0.25, -0.2) is 0 Å². The normalized spacial score (nSPS) is 9.00. The van der Waals surface area contributed by atoms with Crippen molar-refractivity contribution in [2.45, 2.75) is 6.42 Å². The van der Waals surface area contributed by atoms with Crippen LogP contribution in [-0.2, 0) is 4.79 Å². The van der Waals surface area contributed by atoms with E-state index in [4.69, 9.17) is 17.3 Å². The number of primary amides is 1. The first kappa shape index (κ1) is 11.1. The molecule has 2 nitrogen and oxygen atoms in total. The van der Waals surface area contributed by atoms with Crippen molar-refractivity contribution in [2.24, 2.45) is 5.73 Å². The average Bonchev–Trinajstić information content (AvgIpc) is 2.08. The SMILES string of the molecule is NC(=O)CC#Cc1ccc(Cl)cc1Br. The molecule has 0 aliphatic rings. The Morgan fingerprint density at radius 3 is 2.86 bits per heavy atom. The van der Waals surface area contributed by atoms with Crippen molar-refractivity contribution in [1.29, 1.82) is 0 Å². The van der Waals surface area contributed by atoms with Gasteiger partial charge in [0.2, 0.25) is 5.91 Å². The molecule has 0 aliphatic heterocycles. The van der Waals surface area contributed by atoms with Crippen LogP contribution in [0.5, 0.6) is 0 Å². The summed E-state index contributed by atoms with van der Waals surface area (Å²) in [6.45, 7) is 0. The summed E-state index contributed by atoms with van der Waals surface area (Å²) in [6, 6.07) is 5.26. The van der Waals surface area contributed by atoms with Crippen molar-refractivity contribution in [3.63, 3.8) is 0 Å². The van der Waals surface area contributed by atoms with E-state index in [0.717, 1.165) is 10.0 Å². The molecule has 1 aromatic carbocycles. The third kappa shape index (κ3) is 3.41. The highest BCUT2D eigenvalue weighted by atomic mass is 79.9. The van der Waals surface area contributed by atoms with Gasteiger partial charge in [-0.15, -0.1) is 0 Å². The van der Waals surface area contributed by atoms with Gasteiger partial charge in [-0.2, -0.15) is 0 Å². The van der Waals surface area contributed by atoms with Crippen LogP contribution in [0, 0.1) is 11.8 Å². The van der Waals surface area contributed by atoms with Crippen LogP contribution in [0.15, 0.2) is 22.7 Å². The van der Waals surface area contributed by atoms with Gasteiger partial charge in [-0.3, -0.25) is 4.79 Å². The van der Waals surface area contributed by atoms with Crippen LogP contribution >= 0.6 is 27.5 Å². The van der Waals surface area contributed by atoms with Gasteiger partial charge in [0.05, 0.1) is 6.42 Å². The number of amides is 1. The molecule has 1 rings (SSSR count). The lowest BCUT2D eigenvalue weighted by atomic mass is 10.2. The predicted molar refractivity (Wildman–Crippen MR) is 59.8 cm³/mol. The number of nitrogens with two attached hydrogens (primary N) is 1. The zero-order chi connectivity index (χ0) is 10.6. The molecule has 2 N–H and O–H groups in total. The van der Waals surface area contributed by atoms with E-state index in [-0.39, 0.29) is 6.42 Å². The molecular formula is C10H7BrClNO. The molecule has 0 unspecified atom stereocenters. The fraction of sp³-hybridized carbons (Fsp3) is 0.100. The Kier molecular flexibility index (Phi) is 3.99. The van der Waals surface area contributed by atoms with Gasteiger partial charge >= 0.3 is 0 Å². The molecule has 0 fully saturated rings. The fourth-order valence-electron chi connectivity index (χ4n) is 0.817. The second kappa shape index (κ2) is 5.04. The van der Waals surface area contributed by atoms with Gasteiger partial charge in [0, 0.05) is 15.1 Å². The lowest BCUT2D eigenvalue weighted by Gasteiger charge is -1.95. The first-order valence-corrected chi connectivity index (χ1v) is 4.99. The Morgan fingerprint density at radius 2 is 2.29 bits per heavy atom. The molecule has 0 aromatic heterocycles. The van der Waals surface area contributed by atoms with Gasteiger partial charge in [0.25, 0.3) is 0 Å². The lowest BCUT2D eigenvalue weighted by Crippen LogP contribution is -2.08. The van der Waals surface area contributed by atoms with E-state index in [9.17, 15) is 4.79 Å². The van der Waals surface area contributed by atoms with Crippen molar-refractivity contribution in [3.8, 4) is 11.8 Å². The molecule has 4 heteroatoms. The largest absolute Gasteiger partial charge is 0.369 e.